The van der Waals surface area contributed by atoms with Crippen LogP contribution in [0.2, 0.25) is 0 Å². The van der Waals surface area contributed by atoms with Crippen molar-refractivity contribution in [3.8, 4) is 0 Å². The smallest absolute Gasteiger partial charge is 0.236 e. The van der Waals surface area contributed by atoms with Crippen LogP contribution in [0.5, 0.6) is 0 Å². The Bertz CT molecular complexity index is 564. The van der Waals surface area contributed by atoms with Gasteiger partial charge in [-0.2, -0.15) is 0 Å². The fourth-order valence-corrected chi connectivity index (χ4v) is 3.39. The lowest BCUT2D eigenvalue weighted by Gasteiger charge is -2.37. The summed E-state index contributed by atoms with van der Waals surface area (Å²) in [5, 5.41) is 0. The lowest BCUT2D eigenvalue weighted by molar-refractivity contribution is -0.133. The minimum absolute atomic E-state index is 0.0294. The predicted molar refractivity (Wildman–Crippen MR) is 91.4 cm³/mol. The molecular weight excluding hydrogens is 306 g/mol. The molecular formula is C17H25N5O2. The van der Waals surface area contributed by atoms with E-state index in [2.05, 4.69) is 14.8 Å². The van der Waals surface area contributed by atoms with Gasteiger partial charge < -0.3 is 15.5 Å². The van der Waals surface area contributed by atoms with Gasteiger partial charge in [0.25, 0.3) is 0 Å². The molecule has 0 aromatic carbocycles. The molecule has 2 aliphatic heterocycles. The van der Waals surface area contributed by atoms with Crippen molar-refractivity contribution in [3.63, 3.8) is 0 Å². The van der Waals surface area contributed by atoms with E-state index in [-0.39, 0.29) is 17.7 Å². The minimum atomic E-state index is -0.216. The number of rotatable bonds is 4. The van der Waals surface area contributed by atoms with Crippen molar-refractivity contribution in [2.75, 3.05) is 50.7 Å². The largest absolute Gasteiger partial charge is 0.369 e. The van der Waals surface area contributed by atoms with E-state index in [1.54, 1.807) is 6.20 Å². The molecule has 0 aliphatic carbocycles. The molecule has 2 amide bonds. The number of hydrogen-bond donors (Lipinski definition) is 1. The fourth-order valence-electron chi connectivity index (χ4n) is 3.39. The number of carbonyl (C=O) groups is 2. The topological polar surface area (TPSA) is 82.8 Å². The zero-order valence-corrected chi connectivity index (χ0v) is 13.9. The van der Waals surface area contributed by atoms with Gasteiger partial charge in [-0.15, -0.1) is 0 Å². The van der Waals surface area contributed by atoms with Crippen molar-refractivity contribution in [2.45, 2.75) is 12.8 Å². The monoisotopic (exact) mass is 331 g/mol. The highest BCUT2D eigenvalue weighted by Crippen LogP contribution is 2.17. The number of anilines is 1. The quantitative estimate of drug-likeness (QED) is 0.835. The first-order valence-corrected chi connectivity index (χ1v) is 8.59. The number of nitrogens with zero attached hydrogens (tertiary/aromatic N) is 4. The third-order valence-electron chi connectivity index (χ3n) is 4.95. The third kappa shape index (κ3) is 4.03. The zero-order valence-electron chi connectivity index (χ0n) is 13.9. The van der Waals surface area contributed by atoms with Crippen LogP contribution in [-0.2, 0) is 9.59 Å². The van der Waals surface area contributed by atoms with Crippen molar-refractivity contribution in [1.82, 2.24) is 14.8 Å². The van der Waals surface area contributed by atoms with Crippen molar-refractivity contribution >= 4 is 17.6 Å². The van der Waals surface area contributed by atoms with Gasteiger partial charge in [0.15, 0.2) is 0 Å². The molecule has 2 saturated heterocycles. The van der Waals surface area contributed by atoms with E-state index < -0.39 is 0 Å². The van der Waals surface area contributed by atoms with Gasteiger partial charge in [0.1, 0.15) is 5.82 Å². The normalized spacial score (nSPS) is 20.2. The number of piperazine rings is 1. The molecule has 2 fully saturated rings. The van der Waals surface area contributed by atoms with Crippen LogP contribution in [0.25, 0.3) is 0 Å². The number of likely N-dealkylation sites (tertiary alicyclic amines) is 1. The van der Waals surface area contributed by atoms with E-state index in [0.29, 0.717) is 6.54 Å². The predicted octanol–water partition coefficient (Wildman–Crippen LogP) is -0.0725. The number of aromatic nitrogens is 1. The molecule has 7 nitrogen and oxygen atoms in total. The Morgan fingerprint density at radius 3 is 2.38 bits per heavy atom. The average molecular weight is 331 g/mol. The van der Waals surface area contributed by atoms with Gasteiger partial charge in [0, 0.05) is 38.3 Å². The first kappa shape index (κ1) is 16.7. The van der Waals surface area contributed by atoms with Crippen LogP contribution in [-0.4, -0.2) is 72.4 Å². The maximum atomic E-state index is 12.5. The molecule has 0 unspecified atom stereocenters. The number of carbonyl (C=O) groups excluding carboxylic acids is 2. The third-order valence-corrected chi connectivity index (χ3v) is 4.95. The lowest BCUT2D eigenvalue weighted by atomic mass is 9.96. The van der Waals surface area contributed by atoms with Gasteiger partial charge in [0.05, 0.1) is 6.54 Å². The van der Waals surface area contributed by atoms with Gasteiger partial charge in [-0.1, -0.05) is 6.07 Å². The summed E-state index contributed by atoms with van der Waals surface area (Å²) < 4.78 is 0. The Balaban J connectivity index is 1.43. The van der Waals surface area contributed by atoms with Crippen LogP contribution in [0.3, 0.4) is 0 Å². The van der Waals surface area contributed by atoms with Gasteiger partial charge in [0.2, 0.25) is 11.8 Å². The van der Waals surface area contributed by atoms with Crippen LogP contribution >= 0.6 is 0 Å². The van der Waals surface area contributed by atoms with E-state index in [1.165, 1.54) is 0 Å². The summed E-state index contributed by atoms with van der Waals surface area (Å²) in [6.07, 6.45) is 3.31. The van der Waals surface area contributed by atoms with Crippen LogP contribution in [0, 0.1) is 5.92 Å². The summed E-state index contributed by atoms with van der Waals surface area (Å²) in [5.41, 5.74) is 5.35. The van der Waals surface area contributed by atoms with Crippen molar-refractivity contribution < 1.29 is 9.59 Å². The number of pyridine rings is 1. The van der Waals surface area contributed by atoms with E-state index in [4.69, 9.17) is 5.73 Å². The Morgan fingerprint density at radius 2 is 1.79 bits per heavy atom. The van der Waals surface area contributed by atoms with Crippen LogP contribution < -0.4 is 10.6 Å². The van der Waals surface area contributed by atoms with Gasteiger partial charge in [-0.25, -0.2) is 4.98 Å². The summed E-state index contributed by atoms with van der Waals surface area (Å²) in [7, 11) is 0. The molecule has 2 aliphatic rings. The molecule has 0 saturated carbocycles. The molecule has 130 valence electrons. The lowest BCUT2D eigenvalue weighted by Crippen LogP contribution is -2.52. The van der Waals surface area contributed by atoms with Crippen molar-refractivity contribution in [3.05, 3.63) is 24.4 Å². The number of amides is 2. The molecule has 0 bridgehead atoms. The molecule has 24 heavy (non-hydrogen) atoms. The van der Waals surface area contributed by atoms with Crippen molar-refractivity contribution in [2.24, 2.45) is 11.7 Å². The molecule has 3 rings (SSSR count). The second kappa shape index (κ2) is 7.61. The maximum Gasteiger partial charge on any atom is 0.236 e. The SMILES string of the molecule is NC(=O)C1CCN(CC(=O)N2CCN(c3ccccn3)CC2)CC1. The van der Waals surface area contributed by atoms with E-state index in [1.807, 2.05) is 23.1 Å². The van der Waals surface area contributed by atoms with Gasteiger partial charge >= 0.3 is 0 Å². The van der Waals surface area contributed by atoms with Crippen molar-refractivity contribution in [1.29, 1.82) is 0 Å². The van der Waals surface area contributed by atoms with E-state index in [0.717, 1.165) is 57.9 Å². The summed E-state index contributed by atoms with van der Waals surface area (Å²) in [5.74, 6) is 0.899. The zero-order chi connectivity index (χ0) is 16.9. The second-order valence-electron chi connectivity index (χ2n) is 6.51. The van der Waals surface area contributed by atoms with Crippen LogP contribution in [0.15, 0.2) is 24.4 Å². The summed E-state index contributed by atoms with van der Waals surface area (Å²) in [6, 6.07) is 5.89. The summed E-state index contributed by atoms with van der Waals surface area (Å²) in [4.78, 5) is 34.3. The molecule has 3 heterocycles. The van der Waals surface area contributed by atoms with Crippen LogP contribution in [0.4, 0.5) is 5.82 Å². The molecule has 0 radical (unpaired) electrons. The standard InChI is InChI=1S/C17H25N5O2/c18-17(24)14-4-7-20(8-5-14)13-16(23)22-11-9-21(10-12-22)15-3-1-2-6-19-15/h1-3,6,14H,4-5,7-13H2,(H2,18,24). The molecule has 0 spiro atoms. The maximum absolute atomic E-state index is 12.5. The van der Waals surface area contributed by atoms with E-state index in [9.17, 15) is 9.59 Å². The Morgan fingerprint density at radius 1 is 1.08 bits per heavy atom. The average Bonchev–Trinajstić information content (AvgIpc) is 2.63. The number of piperidine rings is 1. The molecule has 1 aromatic heterocycles. The highest BCUT2D eigenvalue weighted by molar-refractivity contribution is 5.79. The van der Waals surface area contributed by atoms with Gasteiger partial charge in [-0.05, 0) is 38.1 Å². The highest BCUT2D eigenvalue weighted by Gasteiger charge is 2.27. The molecule has 2 N–H and O–H groups in total. The first-order chi connectivity index (χ1) is 11.6. The second-order valence-corrected chi connectivity index (χ2v) is 6.51. The molecule has 7 heteroatoms. The molecule has 0 atom stereocenters. The number of hydrogen-bond acceptors (Lipinski definition) is 5. The highest BCUT2D eigenvalue weighted by atomic mass is 16.2. The first-order valence-electron chi connectivity index (χ1n) is 8.59. The number of nitrogens with two attached hydrogens (primary N) is 1. The summed E-state index contributed by atoms with van der Waals surface area (Å²) in [6.45, 7) is 5.06. The number of primary amides is 1. The Hall–Kier alpha value is -2.15. The van der Waals surface area contributed by atoms with E-state index >= 15 is 0 Å². The Kier molecular flexibility index (Phi) is 5.30. The fraction of sp³-hybridized carbons (Fsp3) is 0.588. The molecule has 1 aromatic rings. The van der Waals surface area contributed by atoms with Gasteiger partial charge in [-0.3, -0.25) is 14.5 Å². The Labute approximate surface area is 142 Å². The summed E-state index contributed by atoms with van der Waals surface area (Å²) >= 11 is 0. The minimum Gasteiger partial charge on any atom is -0.369 e. The van der Waals surface area contributed by atoms with Crippen LogP contribution in [0.1, 0.15) is 12.8 Å².